The molecule has 3 aromatic carbocycles. The maximum Gasteiger partial charge on any atom is 0.337 e. The molecule has 0 fully saturated rings. The number of benzene rings is 3. The molecular weight excluding hydrogens is 759 g/mol. The third kappa shape index (κ3) is 6.79. The van der Waals surface area contributed by atoms with E-state index in [4.69, 9.17) is 18.9 Å². The van der Waals surface area contributed by atoms with Crippen LogP contribution in [-0.2, 0) is 16.1 Å². The summed E-state index contributed by atoms with van der Waals surface area (Å²) < 4.78 is 26.5. The van der Waals surface area contributed by atoms with Crippen molar-refractivity contribution >= 4 is 61.9 Å². The molecule has 0 saturated heterocycles. The number of hydrogen-bond donors (Lipinski definition) is 0. The lowest BCUT2D eigenvalue weighted by molar-refractivity contribution is -0.136. The molecule has 0 saturated carbocycles. The second kappa shape index (κ2) is 14.1. The molecule has 4 aromatic rings. The SMILES string of the molecule is CCOc1ccc([C@@H]2C(C(=O)OC)=CN=c3s/c(=C\c4cc(Br)c(OCc5cccc(C)c5)c(I)c4)c(=O)n32)cc1OCC. The summed E-state index contributed by atoms with van der Waals surface area (Å²) in [5.74, 6) is 1.27. The van der Waals surface area contributed by atoms with Crippen LogP contribution in [-0.4, -0.2) is 30.9 Å². The van der Waals surface area contributed by atoms with E-state index in [9.17, 15) is 9.59 Å². The van der Waals surface area contributed by atoms with E-state index in [1.165, 1.54) is 34.8 Å². The number of methoxy groups -OCH3 is 1. The molecule has 2 heterocycles. The third-order valence-corrected chi connectivity index (χ3v) is 9.18. The molecule has 8 nitrogen and oxygen atoms in total. The van der Waals surface area contributed by atoms with Crippen molar-refractivity contribution in [3.63, 3.8) is 0 Å². The van der Waals surface area contributed by atoms with Gasteiger partial charge in [0.25, 0.3) is 5.56 Å². The second-order valence-corrected chi connectivity index (χ2v) is 12.9. The molecule has 11 heteroatoms. The molecule has 0 aliphatic carbocycles. The number of hydrogen-bond acceptors (Lipinski definition) is 8. The molecule has 44 heavy (non-hydrogen) atoms. The average molecular weight is 789 g/mol. The van der Waals surface area contributed by atoms with Gasteiger partial charge >= 0.3 is 5.97 Å². The Hall–Kier alpha value is -3.42. The Kier molecular flexibility index (Phi) is 10.3. The van der Waals surface area contributed by atoms with Gasteiger partial charge in [0, 0.05) is 6.20 Å². The zero-order chi connectivity index (χ0) is 31.4. The van der Waals surface area contributed by atoms with E-state index >= 15 is 0 Å². The van der Waals surface area contributed by atoms with Crippen LogP contribution < -0.4 is 29.1 Å². The molecule has 0 unspecified atom stereocenters. The third-order valence-electron chi connectivity index (χ3n) is 6.79. The predicted octanol–water partition coefficient (Wildman–Crippen LogP) is 6.07. The maximum atomic E-state index is 14.0. The van der Waals surface area contributed by atoms with Crippen molar-refractivity contribution in [2.24, 2.45) is 4.99 Å². The van der Waals surface area contributed by atoms with E-state index in [-0.39, 0.29) is 11.1 Å². The summed E-state index contributed by atoms with van der Waals surface area (Å²) in [5, 5.41) is 0. The molecule has 1 aliphatic rings. The van der Waals surface area contributed by atoms with Gasteiger partial charge in [-0.25, -0.2) is 9.79 Å². The van der Waals surface area contributed by atoms with Gasteiger partial charge in [0.05, 0.1) is 44.5 Å². The molecule has 5 rings (SSSR count). The number of fused-ring (bicyclic) bond motifs is 1. The van der Waals surface area contributed by atoms with Gasteiger partial charge in [0.15, 0.2) is 16.3 Å². The number of esters is 1. The fourth-order valence-electron chi connectivity index (χ4n) is 4.90. The van der Waals surface area contributed by atoms with Crippen molar-refractivity contribution < 1.29 is 23.7 Å². The molecule has 0 amide bonds. The van der Waals surface area contributed by atoms with E-state index < -0.39 is 12.0 Å². The molecule has 228 valence electrons. The Bertz CT molecular complexity index is 1910. The number of thiazole rings is 1. The van der Waals surface area contributed by atoms with Gasteiger partial charge in [-0.05, 0) is 106 Å². The summed E-state index contributed by atoms with van der Waals surface area (Å²) in [4.78, 5) is 31.8. The first kappa shape index (κ1) is 32.0. The minimum absolute atomic E-state index is 0.241. The van der Waals surface area contributed by atoms with Crippen LogP contribution >= 0.6 is 49.9 Å². The van der Waals surface area contributed by atoms with Gasteiger partial charge in [-0.1, -0.05) is 47.2 Å². The highest BCUT2D eigenvalue weighted by Gasteiger charge is 2.31. The Morgan fingerprint density at radius 2 is 1.84 bits per heavy atom. The van der Waals surface area contributed by atoms with Crippen LogP contribution in [0.4, 0.5) is 0 Å². The summed E-state index contributed by atoms with van der Waals surface area (Å²) >= 11 is 7.14. The number of aromatic nitrogens is 1. The highest BCUT2D eigenvalue weighted by atomic mass is 127. The van der Waals surface area contributed by atoms with Gasteiger partial charge in [-0.15, -0.1) is 0 Å². The minimum Gasteiger partial charge on any atom is -0.490 e. The Balaban J connectivity index is 1.54. The Morgan fingerprint density at radius 1 is 1.07 bits per heavy atom. The molecule has 0 radical (unpaired) electrons. The van der Waals surface area contributed by atoms with Crippen LogP contribution in [0.3, 0.4) is 0 Å². The molecule has 0 spiro atoms. The van der Waals surface area contributed by atoms with E-state index in [0.717, 1.165) is 24.9 Å². The topological polar surface area (TPSA) is 88.4 Å². The monoisotopic (exact) mass is 788 g/mol. The number of nitrogens with zero attached hydrogens (tertiary/aromatic N) is 2. The van der Waals surface area contributed by atoms with E-state index in [1.54, 1.807) is 12.1 Å². The highest BCUT2D eigenvalue weighted by molar-refractivity contribution is 14.1. The van der Waals surface area contributed by atoms with E-state index in [2.05, 4.69) is 62.6 Å². The lowest BCUT2D eigenvalue weighted by Gasteiger charge is -2.23. The molecule has 0 bridgehead atoms. The standard InChI is InChI=1S/C33H30BrIN2O6S/c1-5-41-26-11-10-22(16-27(26)42-6-2)29-23(32(39)40-4)17-36-33-37(29)31(38)28(44-33)15-21-13-24(34)30(25(35)14-21)43-18-20-9-7-8-19(3)12-20/h7-17,29H,5-6,18H2,1-4H3/b28-15-/t29-/m1/s1. The highest BCUT2D eigenvalue weighted by Crippen LogP contribution is 2.35. The predicted molar refractivity (Wildman–Crippen MR) is 182 cm³/mol. The number of halogens is 2. The van der Waals surface area contributed by atoms with Gasteiger partial charge in [0.2, 0.25) is 0 Å². The van der Waals surface area contributed by atoms with E-state index in [1.807, 2.05) is 50.3 Å². The molecule has 1 atom stereocenters. The number of rotatable bonds is 10. The average Bonchev–Trinajstić information content (AvgIpc) is 3.31. The van der Waals surface area contributed by atoms with Crippen LogP contribution in [0.2, 0.25) is 0 Å². The summed E-state index contributed by atoms with van der Waals surface area (Å²) in [6.07, 6.45) is 3.30. The minimum atomic E-state index is -0.764. The molecular formula is C33H30BrIN2O6S. The van der Waals surface area contributed by atoms with Gasteiger partial charge in [0.1, 0.15) is 12.4 Å². The lowest BCUT2D eigenvalue weighted by Crippen LogP contribution is -2.39. The quantitative estimate of drug-likeness (QED) is 0.143. The lowest BCUT2D eigenvalue weighted by atomic mass is 9.97. The zero-order valence-electron chi connectivity index (χ0n) is 24.6. The van der Waals surface area contributed by atoms with Crippen molar-refractivity contribution in [2.75, 3.05) is 20.3 Å². The summed E-state index contributed by atoms with van der Waals surface area (Å²) in [5.41, 5.74) is 3.72. The number of ether oxygens (including phenoxy) is 4. The van der Waals surface area contributed by atoms with Gasteiger partial charge in [-0.3, -0.25) is 9.36 Å². The van der Waals surface area contributed by atoms with Crippen LogP contribution in [0.1, 0.15) is 42.1 Å². The van der Waals surface area contributed by atoms with Gasteiger partial charge in [-0.2, -0.15) is 0 Å². The fraction of sp³-hybridized carbons (Fsp3) is 0.242. The Labute approximate surface area is 280 Å². The van der Waals surface area contributed by atoms with Crippen molar-refractivity contribution in [3.05, 3.63) is 116 Å². The first-order valence-corrected chi connectivity index (χ1v) is 16.6. The van der Waals surface area contributed by atoms with E-state index in [0.29, 0.717) is 46.2 Å². The maximum absolute atomic E-state index is 14.0. The van der Waals surface area contributed by atoms with Crippen molar-refractivity contribution in [2.45, 2.75) is 33.4 Å². The number of aryl methyl sites for hydroxylation is 1. The van der Waals surface area contributed by atoms with Crippen molar-refractivity contribution in [3.8, 4) is 17.2 Å². The van der Waals surface area contributed by atoms with Gasteiger partial charge < -0.3 is 18.9 Å². The van der Waals surface area contributed by atoms with Crippen LogP contribution in [0, 0.1) is 10.5 Å². The first-order chi connectivity index (χ1) is 21.2. The molecule has 1 aromatic heterocycles. The van der Waals surface area contributed by atoms with Crippen LogP contribution in [0.5, 0.6) is 17.2 Å². The number of carbonyl (C=O) groups excluding carboxylic acids is 1. The smallest absolute Gasteiger partial charge is 0.337 e. The molecule has 1 aliphatic heterocycles. The first-order valence-electron chi connectivity index (χ1n) is 13.9. The Morgan fingerprint density at radius 3 is 2.55 bits per heavy atom. The van der Waals surface area contributed by atoms with Crippen molar-refractivity contribution in [1.82, 2.24) is 4.57 Å². The fourth-order valence-corrected chi connectivity index (χ4v) is 7.64. The second-order valence-electron chi connectivity index (χ2n) is 9.84. The molecule has 0 N–H and O–H groups in total. The number of carbonyl (C=O) groups is 1. The summed E-state index contributed by atoms with van der Waals surface area (Å²) in [6, 6.07) is 16.7. The van der Waals surface area contributed by atoms with Crippen molar-refractivity contribution in [1.29, 1.82) is 0 Å². The van der Waals surface area contributed by atoms with Crippen LogP contribution in [0.15, 0.2) is 80.6 Å². The van der Waals surface area contributed by atoms with Crippen LogP contribution in [0.25, 0.3) is 6.08 Å². The normalized spacial score (nSPS) is 14.4. The summed E-state index contributed by atoms with van der Waals surface area (Å²) in [6.45, 7) is 7.16. The zero-order valence-corrected chi connectivity index (χ0v) is 29.1. The largest absolute Gasteiger partial charge is 0.490 e. The summed E-state index contributed by atoms with van der Waals surface area (Å²) in [7, 11) is 1.31.